The summed E-state index contributed by atoms with van der Waals surface area (Å²) in [5.74, 6) is -0.00450. The fourth-order valence-electron chi connectivity index (χ4n) is 7.77. The van der Waals surface area contributed by atoms with Gasteiger partial charge in [-0.3, -0.25) is 4.79 Å². The molecule has 0 saturated heterocycles. The van der Waals surface area contributed by atoms with Crippen LogP contribution in [-0.4, -0.2) is 30.6 Å². The van der Waals surface area contributed by atoms with Crippen molar-refractivity contribution in [2.45, 2.75) is 252 Å². The number of primary amides is 1. The van der Waals surface area contributed by atoms with Crippen LogP contribution in [0.1, 0.15) is 252 Å². The minimum atomic E-state index is -1.27. The topological polar surface area (TPSA) is 43.1 Å². The zero-order valence-corrected chi connectivity index (χ0v) is 34.1. The molecule has 0 aliphatic carbocycles. The minimum absolute atomic E-state index is 0.00450. The Morgan fingerprint density at radius 2 is 0.489 bits per heavy atom. The number of rotatable bonds is 41. The van der Waals surface area contributed by atoms with E-state index in [1.807, 2.05) is 0 Å². The first kappa shape index (κ1) is 46.9. The van der Waals surface area contributed by atoms with Crippen molar-refractivity contribution in [3.05, 3.63) is 0 Å². The summed E-state index contributed by atoms with van der Waals surface area (Å²) >= 11 is 0. The Morgan fingerprint density at radius 1 is 0.319 bits per heavy atom. The third-order valence-electron chi connectivity index (χ3n) is 10.9. The van der Waals surface area contributed by atoms with Crippen LogP contribution < -0.4 is 5.73 Å². The molecule has 1 amide bonds. The van der Waals surface area contributed by atoms with E-state index >= 15 is 0 Å². The summed E-state index contributed by atoms with van der Waals surface area (Å²) in [6.07, 6.45) is 55.4. The maximum atomic E-state index is 12.4. The molecule has 0 unspecified atom stereocenters. The summed E-state index contributed by atoms with van der Waals surface area (Å²) in [7, 11) is -1.27. The monoisotopic (exact) mass is 681 g/mol. The van der Waals surface area contributed by atoms with E-state index in [1.165, 1.54) is 250 Å². The normalized spacial score (nSPS) is 11.9. The Hall–Kier alpha value is -0.100. The molecule has 0 aliphatic rings. The smallest absolute Gasteiger partial charge is 0.254 e. The molecule has 0 radical (unpaired) electrons. The molecule has 0 spiro atoms. The molecule has 0 heterocycles. The van der Waals surface area contributed by atoms with Gasteiger partial charge in [-0.1, -0.05) is 213 Å². The van der Waals surface area contributed by atoms with Crippen LogP contribution in [-0.2, 0) is 4.79 Å². The van der Waals surface area contributed by atoms with Gasteiger partial charge in [0.15, 0.2) is 0 Å². The van der Waals surface area contributed by atoms with Crippen molar-refractivity contribution in [3.63, 3.8) is 0 Å². The van der Waals surface area contributed by atoms with Gasteiger partial charge in [0, 0.05) is 7.26 Å². The molecule has 282 valence electrons. The average Bonchev–Trinajstić information content (AvgIpc) is 3.06. The molecule has 0 fully saturated rings. The predicted octanol–water partition coefficient (Wildman–Crippen LogP) is 15.6. The van der Waals surface area contributed by atoms with Crippen LogP contribution in [0.15, 0.2) is 0 Å². The van der Waals surface area contributed by atoms with Gasteiger partial charge >= 0.3 is 0 Å². The van der Waals surface area contributed by atoms with Gasteiger partial charge in [0.2, 0.25) is 0 Å². The van der Waals surface area contributed by atoms with Gasteiger partial charge in [0.1, 0.15) is 6.16 Å². The molecular formula is C44H91NOP+. The van der Waals surface area contributed by atoms with Crippen molar-refractivity contribution >= 4 is 13.2 Å². The number of nitrogens with two attached hydrogens (primary N) is 1. The van der Waals surface area contributed by atoms with E-state index in [0.717, 1.165) is 6.16 Å². The van der Waals surface area contributed by atoms with Crippen LogP contribution in [0, 0.1) is 0 Å². The SMILES string of the molecule is CCCCCCCCCCCCCC[P+](CCCCCCCCCCCCCC)(CCCCCCCCCCCCCC)CC(N)=O. The molecule has 0 saturated carbocycles. The highest BCUT2D eigenvalue weighted by Gasteiger charge is 2.37. The van der Waals surface area contributed by atoms with Crippen LogP contribution in [0.4, 0.5) is 0 Å². The Kier molecular flexibility index (Phi) is 38.6. The first-order chi connectivity index (χ1) is 23.1. The van der Waals surface area contributed by atoms with Crippen LogP contribution in [0.5, 0.6) is 0 Å². The van der Waals surface area contributed by atoms with E-state index in [-0.39, 0.29) is 5.91 Å². The second-order valence-electron chi connectivity index (χ2n) is 15.8. The number of unbranched alkanes of at least 4 members (excludes halogenated alkanes) is 33. The Balaban J connectivity index is 4.47. The van der Waals surface area contributed by atoms with Crippen molar-refractivity contribution in [1.82, 2.24) is 0 Å². The number of carbonyl (C=O) groups excluding carboxylic acids is 1. The molecule has 0 atom stereocenters. The predicted molar refractivity (Wildman–Crippen MR) is 219 cm³/mol. The van der Waals surface area contributed by atoms with E-state index in [0.29, 0.717) is 0 Å². The number of carbonyl (C=O) groups is 1. The molecule has 2 nitrogen and oxygen atoms in total. The molecule has 0 rings (SSSR count). The second kappa shape index (κ2) is 38.7. The summed E-state index contributed by atoms with van der Waals surface area (Å²) in [5.41, 5.74) is 5.98. The van der Waals surface area contributed by atoms with Crippen LogP contribution >= 0.6 is 7.26 Å². The third-order valence-corrected chi connectivity index (χ3v) is 15.7. The highest BCUT2D eigenvalue weighted by molar-refractivity contribution is 7.76. The number of amides is 1. The van der Waals surface area contributed by atoms with Gasteiger partial charge in [-0.05, 0) is 38.5 Å². The molecule has 0 bridgehead atoms. The fraction of sp³-hybridized carbons (Fsp3) is 0.977. The van der Waals surface area contributed by atoms with E-state index in [4.69, 9.17) is 5.73 Å². The first-order valence-corrected chi connectivity index (χ1v) is 24.8. The lowest BCUT2D eigenvalue weighted by Gasteiger charge is -2.27. The van der Waals surface area contributed by atoms with Gasteiger partial charge in [0.05, 0.1) is 18.5 Å². The van der Waals surface area contributed by atoms with E-state index in [1.54, 1.807) is 0 Å². The summed E-state index contributed by atoms with van der Waals surface area (Å²) in [6, 6.07) is 0. The number of hydrogen-bond donors (Lipinski definition) is 1. The van der Waals surface area contributed by atoms with Gasteiger partial charge in [0.25, 0.3) is 5.91 Å². The van der Waals surface area contributed by atoms with Crippen molar-refractivity contribution in [2.75, 3.05) is 24.6 Å². The fourth-order valence-corrected chi connectivity index (χ4v) is 12.3. The second-order valence-corrected chi connectivity index (χ2v) is 20.1. The lowest BCUT2D eigenvalue weighted by molar-refractivity contribution is -0.115. The Labute approximate surface area is 299 Å². The summed E-state index contributed by atoms with van der Waals surface area (Å²) in [4.78, 5) is 12.4. The van der Waals surface area contributed by atoms with Crippen LogP contribution in [0.3, 0.4) is 0 Å². The average molecular weight is 681 g/mol. The Bertz CT molecular complexity index is 538. The third kappa shape index (κ3) is 35.5. The van der Waals surface area contributed by atoms with Crippen molar-refractivity contribution in [3.8, 4) is 0 Å². The summed E-state index contributed by atoms with van der Waals surface area (Å²) in [5, 5.41) is 0. The zero-order valence-electron chi connectivity index (χ0n) is 33.2. The maximum Gasteiger partial charge on any atom is 0.254 e. The van der Waals surface area contributed by atoms with Crippen LogP contribution in [0.25, 0.3) is 0 Å². The van der Waals surface area contributed by atoms with Crippen molar-refractivity contribution in [2.24, 2.45) is 5.73 Å². The highest BCUT2D eigenvalue weighted by Crippen LogP contribution is 2.60. The maximum absolute atomic E-state index is 12.4. The van der Waals surface area contributed by atoms with E-state index < -0.39 is 7.26 Å². The molecule has 0 aromatic carbocycles. The van der Waals surface area contributed by atoms with Gasteiger partial charge in [-0.2, -0.15) is 0 Å². The van der Waals surface area contributed by atoms with Crippen molar-refractivity contribution in [1.29, 1.82) is 0 Å². The standard InChI is InChI=1S/C44H90NOP/c1-4-7-10-13-16-19-22-25-28-31-34-37-40-47(43-44(45)46,41-38-35-32-29-26-23-20-17-14-11-8-5-2)42-39-36-33-30-27-24-21-18-15-12-9-6-3/h4-43H2,1-3H3,(H-,45,46)/p+1. The van der Waals surface area contributed by atoms with Gasteiger partial charge < -0.3 is 5.73 Å². The Morgan fingerprint density at radius 3 is 0.660 bits per heavy atom. The molecule has 47 heavy (non-hydrogen) atoms. The lowest BCUT2D eigenvalue weighted by atomic mass is 10.1. The quantitative estimate of drug-likeness (QED) is 0.0507. The number of hydrogen-bond acceptors (Lipinski definition) is 1. The van der Waals surface area contributed by atoms with E-state index in [2.05, 4.69) is 20.8 Å². The first-order valence-electron chi connectivity index (χ1n) is 22.2. The largest absolute Gasteiger partial charge is 0.367 e. The minimum Gasteiger partial charge on any atom is -0.367 e. The highest BCUT2D eigenvalue weighted by atomic mass is 31.2. The lowest BCUT2D eigenvalue weighted by Crippen LogP contribution is -2.24. The summed E-state index contributed by atoms with van der Waals surface area (Å²) in [6.45, 7) is 6.91. The van der Waals surface area contributed by atoms with Gasteiger partial charge in [-0.25, -0.2) is 0 Å². The van der Waals surface area contributed by atoms with E-state index in [9.17, 15) is 4.79 Å². The zero-order chi connectivity index (χ0) is 34.4. The molecule has 2 N–H and O–H groups in total. The molecule has 0 aliphatic heterocycles. The molecule has 0 aromatic heterocycles. The molecular weight excluding hydrogens is 589 g/mol. The van der Waals surface area contributed by atoms with Gasteiger partial charge in [-0.15, -0.1) is 0 Å². The molecule has 3 heteroatoms. The molecule has 0 aromatic rings. The summed E-state index contributed by atoms with van der Waals surface area (Å²) < 4.78 is 0. The van der Waals surface area contributed by atoms with Crippen LogP contribution in [0.2, 0.25) is 0 Å². The van der Waals surface area contributed by atoms with Crippen molar-refractivity contribution < 1.29 is 4.79 Å².